The lowest BCUT2D eigenvalue weighted by Crippen LogP contribution is -2.10. The van der Waals surface area contributed by atoms with Crippen LogP contribution in [0.25, 0.3) is 0 Å². The van der Waals surface area contributed by atoms with E-state index in [1.165, 1.54) is 0 Å². The van der Waals surface area contributed by atoms with Crippen molar-refractivity contribution in [1.29, 1.82) is 0 Å². The van der Waals surface area contributed by atoms with Crippen molar-refractivity contribution in [3.05, 3.63) is 71.7 Å². The van der Waals surface area contributed by atoms with Crippen LogP contribution in [0.3, 0.4) is 0 Å². The van der Waals surface area contributed by atoms with Gasteiger partial charge >= 0.3 is 5.97 Å². The summed E-state index contributed by atoms with van der Waals surface area (Å²) in [4.78, 5) is 12.3. The average Bonchev–Trinajstić information content (AvgIpc) is 3.26. The molecule has 3 rings (SSSR count). The highest BCUT2D eigenvalue weighted by Gasteiger charge is 2.18. The van der Waals surface area contributed by atoms with E-state index in [0.29, 0.717) is 17.9 Å². The van der Waals surface area contributed by atoms with Gasteiger partial charge in [-0.15, -0.1) is 0 Å². The number of hydrogen-bond donors (Lipinski definition) is 0. The van der Waals surface area contributed by atoms with Crippen LogP contribution in [-0.4, -0.2) is 12.6 Å². The van der Waals surface area contributed by atoms with Crippen LogP contribution in [0.15, 0.2) is 59.2 Å². The van der Waals surface area contributed by atoms with E-state index in [-0.39, 0.29) is 12.6 Å². The minimum Gasteiger partial charge on any atom is -0.469 e. The fourth-order valence-corrected chi connectivity index (χ4v) is 2.13. The van der Waals surface area contributed by atoms with E-state index in [9.17, 15) is 4.79 Å². The second kappa shape index (κ2) is 7.02. The first-order valence-corrected chi connectivity index (χ1v) is 7.69. The molecule has 0 atom stereocenters. The van der Waals surface area contributed by atoms with Gasteiger partial charge in [0, 0.05) is 17.9 Å². The zero-order valence-corrected chi connectivity index (χ0v) is 12.9. The van der Waals surface area contributed by atoms with Crippen LogP contribution in [0.2, 0.25) is 0 Å². The third-order valence-electron chi connectivity index (χ3n) is 3.55. The van der Waals surface area contributed by atoms with Gasteiger partial charge in [-0.3, -0.25) is 0 Å². The van der Waals surface area contributed by atoms with Crippen molar-refractivity contribution in [2.24, 2.45) is 5.92 Å². The molecular weight excluding hydrogens is 288 g/mol. The number of carbonyl (C=O) groups excluding carboxylic acids is 1. The van der Waals surface area contributed by atoms with Crippen molar-refractivity contribution >= 4 is 5.97 Å². The molecule has 3 nitrogen and oxygen atoms in total. The quantitative estimate of drug-likeness (QED) is 0.476. The number of carbonyl (C=O) groups is 1. The standard InChI is InChI=1S/C20H18O3/c1-15(13-18-6-4-12-22-18)14-23-20(21)19-7-3-2-5-17(19)11-10-16-8-9-16/h2-7,12,16H,1,8-9,13-14H2. The summed E-state index contributed by atoms with van der Waals surface area (Å²) in [5.74, 6) is 7.20. The number of esters is 1. The smallest absolute Gasteiger partial charge is 0.339 e. The molecule has 1 heterocycles. The Morgan fingerprint density at radius 2 is 2.09 bits per heavy atom. The molecule has 1 aromatic heterocycles. The van der Waals surface area contributed by atoms with Crippen molar-refractivity contribution in [1.82, 2.24) is 0 Å². The maximum atomic E-state index is 12.3. The van der Waals surface area contributed by atoms with Crippen molar-refractivity contribution in [2.45, 2.75) is 19.3 Å². The van der Waals surface area contributed by atoms with E-state index in [4.69, 9.17) is 9.15 Å². The topological polar surface area (TPSA) is 39.4 Å². The van der Waals surface area contributed by atoms with Crippen molar-refractivity contribution < 1.29 is 13.9 Å². The second-order valence-corrected chi connectivity index (χ2v) is 5.67. The number of hydrogen-bond acceptors (Lipinski definition) is 3. The highest BCUT2D eigenvalue weighted by molar-refractivity contribution is 5.92. The van der Waals surface area contributed by atoms with Gasteiger partial charge < -0.3 is 9.15 Å². The summed E-state index contributed by atoms with van der Waals surface area (Å²) in [5, 5.41) is 0. The lowest BCUT2D eigenvalue weighted by atomic mass is 10.1. The molecule has 0 spiro atoms. The Kier molecular flexibility index (Phi) is 4.63. The molecule has 0 saturated heterocycles. The normalized spacial score (nSPS) is 13.0. The molecule has 0 aliphatic heterocycles. The van der Waals surface area contributed by atoms with Crippen LogP contribution < -0.4 is 0 Å². The van der Waals surface area contributed by atoms with E-state index in [2.05, 4.69) is 18.4 Å². The minimum atomic E-state index is -0.369. The van der Waals surface area contributed by atoms with Gasteiger partial charge in [0.15, 0.2) is 0 Å². The summed E-state index contributed by atoms with van der Waals surface area (Å²) in [7, 11) is 0. The first-order valence-electron chi connectivity index (χ1n) is 7.69. The van der Waals surface area contributed by atoms with Crippen molar-refractivity contribution in [3.8, 4) is 11.8 Å². The van der Waals surface area contributed by atoms with Gasteiger partial charge in [-0.1, -0.05) is 30.6 Å². The Balaban J connectivity index is 1.60. The van der Waals surface area contributed by atoms with Gasteiger partial charge in [0.05, 0.1) is 11.8 Å². The lowest BCUT2D eigenvalue weighted by Gasteiger charge is -2.08. The molecule has 1 fully saturated rings. The van der Waals surface area contributed by atoms with E-state index < -0.39 is 0 Å². The van der Waals surface area contributed by atoms with Crippen LogP contribution >= 0.6 is 0 Å². The van der Waals surface area contributed by atoms with Crippen molar-refractivity contribution in [2.75, 3.05) is 6.61 Å². The Morgan fingerprint density at radius 3 is 2.83 bits per heavy atom. The highest BCUT2D eigenvalue weighted by atomic mass is 16.5. The van der Waals surface area contributed by atoms with Gasteiger partial charge in [0.25, 0.3) is 0 Å². The third-order valence-corrected chi connectivity index (χ3v) is 3.55. The molecule has 2 aromatic rings. The fraction of sp³-hybridized carbons (Fsp3) is 0.250. The zero-order chi connectivity index (χ0) is 16.1. The summed E-state index contributed by atoms with van der Waals surface area (Å²) >= 11 is 0. The Hall–Kier alpha value is -2.73. The minimum absolute atomic E-state index is 0.171. The summed E-state index contributed by atoms with van der Waals surface area (Å²) in [6.45, 7) is 4.09. The predicted octanol–water partition coefficient (Wildman–Crippen LogP) is 4.00. The van der Waals surface area contributed by atoms with Gasteiger partial charge in [0.1, 0.15) is 12.4 Å². The third kappa shape index (κ3) is 4.37. The molecule has 0 unspecified atom stereocenters. The zero-order valence-electron chi connectivity index (χ0n) is 12.9. The van der Waals surface area contributed by atoms with E-state index in [0.717, 1.165) is 29.7 Å². The first-order chi connectivity index (χ1) is 11.2. The summed E-state index contributed by atoms with van der Waals surface area (Å²) in [6.07, 6.45) is 4.49. The maximum Gasteiger partial charge on any atom is 0.339 e. The molecule has 1 aliphatic carbocycles. The average molecular weight is 306 g/mol. The molecule has 116 valence electrons. The van der Waals surface area contributed by atoms with Crippen molar-refractivity contribution in [3.63, 3.8) is 0 Å². The van der Waals surface area contributed by atoms with Gasteiger partial charge in [-0.2, -0.15) is 0 Å². The van der Waals surface area contributed by atoms with Crippen LogP contribution in [0.5, 0.6) is 0 Å². The SMILES string of the molecule is C=C(COC(=O)c1ccccc1C#CC1CC1)Cc1ccco1. The molecular formula is C20H18O3. The summed E-state index contributed by atoms with van der Waals surface area (Å²) < 4.78 is 10.6. The summed E-state index contributed by atoms with van der Waals surface area (Å²) in [5.41, 5.74) is 2.02. The molecule has 3 heteroatoms. The Bertz CT molecular complexity index is 756. The van der Waals surface area contributed by atoms with Crippen LogP contribution in [-0.2, 0) is 11.2 Å². The number of benzene rings is 1. The van der Waals surface area contributed by atoms with Crippen LogP contribution in [0, 0.1) is 17.8 Å². The fourth-order valence-electron chi connectivity index (χ4n) is 2.13. The van der Waals surface area contributed by atoms with E-state index >= 15 is 0 Å². The van der Waals surface area contributed by atoms with E-state index in [1.807, 2.05) is 30.3 Å². The Labute approximate surface area is 136 Å². The van der Waals surface area contributed by atoms with Gasteiger partial charge in [-0.25, -0.2) is 4.79 Å². The number of ether oxygens (including phenoxy) is 1. The Morgan fingerprint density at radius 1 is 1.26 bits per heavy atom. The van der Waals surface area contributed by atoms with E-state index in [1.54, 1.807) is 12.3 Å². The molecule has 0 radical (unpaired) electrons. The van der Waals surface area contributed by atoms with Crippen LogP contribution in [0.1, 0.15) is 34.5 Å². The van der Waals surface area contributed by atoms with Crippen LogP contribution in [0.4, 0.5) is 0 Å². The largest absolute Gasteiger partial charge is 0.469 e. The lowest BCUT2D eigenvalue weighted by molar-refractivity contribution is 0.0537. The maximum absolute atomic E-state index is 12.3. The molecule has 0 bridgehead atoms. The molecule has 1 aromatic carbocycles. The number of furan rings is 1. The predicted molar refractivity (Wildman–Crippen MR) is 87.9 cm³/mol. The molecule has 0 N–H and O–H groups in total. The molecule has 0 amide bonds. The highest BCUT2D eigenvalue weighted by Crippen LogP contribution is 2.27. The second-order valence-electron chi connectivity index (χ2n) is 5.67. The van der Waals surface area contributed by atoms with Gasteiger partial charge in [0.2, 0.25) is 0 Å². The first kappa shape index (κ1) is 15.2. The molecule has 1 saturated carbocycles. The van der Waals surface area contributed by atoms with Gasteiger partial charge in [-0.05, 0) is 42.7 Å². The molecule has 23 heavy (non-hydrogen) atoms. The number of rotatable bonds is 5. The monoisotopic (exact) mass is 306 g/mol. The molecule has 1 aliphatic rings. The summed E-state index contributed by atoms with van der Waals surface area (Å²) in [6, 6.07) is 11.0.